The van der Waals surface area contributed by atoms with Gasteiger partial charge in [0.05, 0.1) is 18.4 Å². The molecule has 28 heavy (non-hydrogen) atoms. The zero-order chi connectivity index (χ0) is 20.1. The highest BCUT2D eigenvalue weighted by molar-refractivity contribution is 6.10. The molecule has 0 saturated heterocycles. The van der Waals surface area contributed by atoms with Gasteiger partial charge in [-0.15, -0.1) is 0 Å². The number of rotatable bonds is 8. The van der Waals surface area contributed by atoms with Crippen molar-refractivity contribution in [2.45, 2.75) is 6.10 Å². The maximum Gasteiger partial charge on any atom is 0.259 e. The van der Waals surface area contributed by atoms with E-state index in [-0.39, 0.29) is 12.5 Å². The van der Waals surface area contributed by atoms with Gasteiger partial charge in [-0.05, 0) is 50.5 Å². The van der Waals surface area contributed by atoms with Crippen LogP contribution in [0.15, 0.2) is 48.7 Å². The van der Waals surface area contributed by atoms with Gasteiger partial charge in [-0.2, -0.15) is 0 Å². The first-order valence-electron chi connectivity index (χ1n) is 8.99. The lowest BCUT2D eigenvalue weighted by Gasteiger charge is -2.18. The molecule has 0 aliphatic carbocycles. The van der Waals surface area contributed by atoms with E-state index in [0.717, 1.165) is 10.9 Å². The van der Waals surface area contributed by atoms with E-state index >= 15 is 0 Å². The van der Waals surface area contributed by atoms with Crippen molar-refractivity contribution in [2.75, 3.05) is 39.7 Å². The van der Waals surface area contributed by atoms with Gasteiger partial charge in [0.1, 0.15) is 24.2 Å². The molecule has 7 nitrogen and oxygen atoms in total. The van der Waals surface area contributed by atoms with E-state index in [1.165, 1.54) is 0 Å². The van der Waals surface area contributed by atoms with Crippen LogP contribution in [-0.4, -0.2) is 61.4 Å². The van der Waals surface area contributed by atoms with Gasteiger partial charge in [0, 0.05) is 23.6 Å². The molecule has 3 aromatic rings. The number of likely N-dealkylation sites (N-methyl/N-ethyl adjacent to an activating group) is 1. The van der Waals surface area contributed by atoms with Crippen molar-refractivity contribution in [3.63, 3.8) is 0 Å². The molecule has 0 saturated carbocycles. The van der Waals surface area contributed by atoms with E-state index in [0.29, 0.717) is 29.3 Å². The van der Waals surface area contributed by atoms with Crippen LogP contribution in [-0.2, 0) is 0 Å². The molecular weight excluding hydrogens is 358 g/mol. The molecule has 3 N–H and O–H groups in total. The minimum absolute atomic E-state index is 0.0815. The molecule has 0 spiro atoms. The number of aromatic nitrogens is 1. The van der Waals surface area contributed by atoms with Crippen LogP contribution in [0.25, 0.3) is 10.9 Å². The van der Waals surface area contributed by atoms with Gasteiger partial charge in [-0.25, -0.2) is 0 Å². The number of hydrogen-bond donors (Lipinski definition) is 3. The summed E-state index contributed by atoms with van der Waals surface area (Å²) in [6.45, 7) is 0.547. The quantitative estimate of drug-likeness (QED) is 0.557. The first kappa shape index (κ1) is 19.7. The summed E-state index contributed by atoms with van der Waals surface area (Å²) < 4.78 is 11.0. The summed E-state index contributed by atoms with van der Waals surface area (Å²) in [5.41, 5.74) is 1.97. The predicted octanol–water partition coefficient (Wildman–Crippen LogP) is 2.73. The van der Waals surface area contributed by atoms with Crippen LogP contribution in [0.1, 0.15) is 10.4 Å². The fourth-order valence-corrected chi connectivity index (χ4v) is 2.98. The first-order chi connectivity index (χ1) is 13.5. The summed E-state index contributed by atoms with van der Waals surface area (Å²) in [4.78, 5) is 18.0. The Morgan fingerprint density at radius 2 is 2.07 bits per heavy atom. The highest BCUT2D eigenvalue weighted by atomic mass is 16.5. The third kappa shape index (κ3) is 4.62. The van der Waals surface area contributed by atoms with Crippen LogP contribution in [0.5, 0.6) is 11.5 Å². The van der Waals surface area contributed by atoms with E-state index in [4.69, 9.17) is 9.47 Å². The molecule has 0 aliphatic rings. The van der Waals surface area contributed by atoms with Crippen LogP contribution in [0.4, 0.5) is 5.69 Å². The number of methoxy groups -OCH3 is 1. The predicted molar refractivity (Wildman–Crippen MR) is 109 cm³/mol. The first-order valence-corrected chi connectivity index (χ1v) is 8.99. The average molecular weight is 383 g/mol. The van der Waals surface area contributed by atoms with E-state index in [1.807, 2.05) is 49.5 Å². The van der Waals surface area contributed by atoms with Crippen molar-refractivity contribution in [2.24, 2.45) is 0 Å². The fraction of sp³-hybridized carbons (Fsp3) is 0.286. The van der Waals surface area contributed by atoms with Gasteiger partial charge >= 0.3 is 0 Å². The van der Waals surface area contributed by atoms with Gasteiger partial charge in [-0.1, -0.05) is 6.07 Å². The number of nitrogens with one attached hydrogen (secondary N) is 2. The number of nitrogens with zero attached hydrogens (tertiary/aromatic N) is 1. The fourth-order valence-electron chi connectivity index (χ4n) is 2.98. The number of aliphatic hydroxyl groups is 1. The molecule has 1 aromatic heterocycles. The average Bonchev–Trinajstić information content (AvgIpc) is 3.15. The number of aliphatic hydroxyl groups excluding tert-OH is 1. The van der Waals surface area contributed by atoms with Crippen molar-refractivity contribution in [1.82, 2.24) is 9.88 Å². The Hall–Kier alpha value is -3.03. The third-order valence-corrected chi connectivity index (χ3v) is 4.28. The SMILES string of the molecule is COc1ccc(OCC(O)CN(C)C)c(C(=O)Nc2cccc3[nH]ccc23)c1. The van der Waals surface area contributed by atoms with Crippen molar-refractivity contribution in [1.29, 1.82) is 0 Å². The second-order valence-electron chi connectivity index (χ2n) is 6.79. The molecule has 1 atom stereocenters. The van der Waals surface area contributed by atoms with Crippen LogP contribution < -0.4 is 14.8 Å². The highest BCUT2D eigenvalue weighted by Gasteiger charge is 2.17. The van der Waals surface area contributed by atoms with Crippen LogP contribution in [0.2, 0.25) is 0 Å². The number of carbonyl (C=O) groups is 1. The summed E-state index contributed by atoms with van der Waals surface area (Å²) in [7, 11) is 5.28. The number of H-pyrrole nitrogens is 1. The summed E-state index contributed by atoms with van der Waals surface area (Å²) >= 11 is 0. The normalized spacial score (nSPS) is 12.2. The molecule has 1 unspecified atom stereocenters. The molecule has 0 fully saturated rings. The van der Waals surface area contributed by atoms with E-state index in [1.54, 1.807) is 25.3 Å². The summed E-state index contributed by atoms with van der Waals surface area (Å²) in [5, 5.41) is 13.9. The molecule has 7 heteroatoms. The van der Waals surface area contributed by atoms with Crippen LogP contribution >= 0.6 is 0 Å². The van der Waals surface area contributed by atoms with E-state index in [9.17, 15) is 9.90 Å². The Balaban J connectivity index is 1.82. The van der Waals surface area contributed by atoms with Gasteiger partial charge in [0.25, 0.3) is 5.91 Å². The Bertz CT molecular complexity index is 952. The summed E-state index contributed by atoms with van der Waals surface area (Å²) in [5.74, 6) is 0.619. The van der Waals surface area contributed by atoms with E-state index in [2.05, 4.69) is 10.3 Å². The number of amides is 1. The number of fused-ring (bicyclic) bond motifs is 1. The molecule has 0 radical (unpaired) electrons. The smallest absolute Gasteiger partial charge is 0.259 e. The minimum atomic E-state index is -0.665. The Labute approximate surface area is 163 Å². The third-order valence-electron chi connectivity index (χ3n) is 4.28. The van der Waals surface area contributed by atoms with Gasteiger partial charge < -0.3 is 29.8 Å². The monoisotopic (exact) mass is 383 g/mol. The zero-order valence-electron chi connectivity index (χ0n) is 16.2. The second-order valence-corrected chi connectivity index (χ2v) is 6.79. The number of ether oxygens (including phenoxy) is 2. The number of anilines is 1. The van der Waals surface area contributed by atoms with Crippen LogP contribution in [0.3, 0.4) is 0 Å². The Kier molecular flexibility index (Phi) is 6.18. The lowest BCUT2D eigenvalue weighted by molar-refractivity contribution is 0.0816. The summed E-state index contributed by atoms with van der Waals surface area (Å²) in [6, 6.07) is 12.6. The molecule has 1 heterocycles. The number of aromatic amines is 1. The number of hydrogen-bond acceptors (Lipinski definition) is 5. The largest absolute Gasteiger partial charge is 0.497 e. The van der Waals surface area contributed by atoms with Crippen LogP contribution in [0, 0.1) is 0 Å². The van der Waals surface area contributed by atoms with Crippen molar-refractivity contribution < 1.29 is 19.4 Å². The molecule has 3 rings (SSSR count). The molecule has 2 aromatic carbocycles. The number of carbonyl (C=O) groups excluding carboxylic acids is 1. The van der Waals surface area contributed by atoms with Crippen molar-refractivity contribution in [3.8, 4) is 11.5 Å². The van der Waals surface area contributed by atoms with Gasteiger partial charge in [0.15, 0.2) is 0 Å². The van der Waals surface area contributed by atoms with E-state index < -0.39 is 6.10 Å². The summed E-state index contributed by atoms with van der Waals surface area (Å²) in [6.07, 6.45) is 1.16. The lowest BCUT2D eigenvalue weighted by Crippen LogP contribution is -2.31. The molecule has 148 valence electrons. The lowest BCUT2D eigenvalue weighted by atomic mass is 10.1. The topological polar surface area (TPSA) is 86.8 Å². The molecule has 0 aliphatic heterocycles. The van der Waals surface area contributed by atoms with Gasteiger partial charge in [-0.3, -0.25) is 4.79 Å². The van der Waals surface area contributed by atoms with Crippen molar-refractivity contribution >= 4 is 22.5 Å². The standard InChI is InChI=1S/C21H25N3O4/c1-24(2)12-14(25)13-28-20-8-7-15(27-3)11-17(20)21(26)23-19-6-4-5-18-16(19)9-10-22-18/h4-11,14,22,25H,12-13H2,1-3H3,(H,23,26). The minimum Gasteiger partial charge on any atom is -0.497 e. The highest BCUT2D eigenvalue weighted by Crippen LogP contribution is 2.27. The second kappa shape index (κ2) is 8.77. The maximum atomic E-state index is 13.0. The maximum absolute atomic E-state index is 13.0. The Morgan fingerprint density at radius 3 is 2.82 bits per heavy atom. The van der Waals surface area contributed by atoms with Crippen molar-refractivity contribution in [3.05, 3.63) is 54.2 Å². The Morgan fingerprint density at radius 1 is 1.25 bits per heavy atom. The molecule has 1 amide bonds. The van der Waals surface area contributed by atoms with Gasteiger partial charge in [0.2, 0.25) is 0 Å². The molecule has 0 bridgehead atoms. The number of benzene rings is 2. The molecular formula is C21H25N3O4. The zero-order valence-corrected chi connectivity index (χ0v) is 16.2.